The third-order valence-electron chi connectivity index (χ3n) is 3.64. The van der Waals surface area contributed by atoms with Crippen molar-refractivity contribution in [2.45, 2.75) is 32.2 Å². The molecule has 0 aliphatic carbocycles. The van der Waals surface area contributed by atoms with Gasteiger partial charge in [0.1, 0.15) is 5.82 Å². The van der Waals surface area contributed by atoms with Gasteiger partial charge in [0.25, 0.3) is 0 Å². The van der Waals surface area contributed by atoms with Crippen molar-refractivity contribution < 1.29 is 9.18 Å². The van der Waals surface area contributed by atoms with E-state index in [1.54, 1.807) is 12.1 Å². The number of hydrogen-bond donors (Lipinski definition) is 1. The molecule has 0 radical (unpaired) electrons. The summed E-state index contributed by atoms with van der Waals surface area (Å²) in [5.41, 5.74) is 0.624. The minimum Gasteiger partial charge on any atom is -0.340 e. The van der Waals surface area contributed by atoms with Gasteiger partial charge in [0.2, 0.25) is 5.91 Å². The first-order valence-corrected chi connectivity index (χ1v) is 6.83. The fourth-order valence-corrected chi connectivity index (χ4v) is 2.53. The van der Waals surface area contributed by atoms with E-state index in [-0.39, 0.29) is 17.6 Å². The van der Waals surface area contributed by atoms with Gasteiger partial charge in [-0.1, -0.05) is 25.1 Å². The van der Waals surface area contributed by atoms with Crippen LogP contribution in [0.2, 0.25) is 0 Å². The average molecular weight is 264 g/mol. The summed E-state index contributed by atoms with van der Waals surface area (Å²) in [7, 11) is 0. The summed E-state index contributed by atoms with van der Waals surface area (Å²) in [6.45, 7) is 6.29. The molecule has 1 fully saturated rings. The van der Waals surface area contributed by atoms with Crippen molar-refractivity contribution in [3.05, 3.63) is 35.6 Å². The third-order valence-corrected chi connectivity index (χ3v) is 3.64. The van der Waals surface area contributed by atoms with Gasteiger partial charge in [-0.2, -0.15) is 0 Å². The number of piperazine rings is 1. The molecule has 1 aliphatic heterocycles. The van der Waals surface area contributed by atoms with E-state index in [9.17, 15) is 9.18 Å². The maximum atomic E-state index is 13.7. The molecule has 1 saturated heterocycles. The lowest BCUT2D eigenvalue weighted by Gasteiger charge is -2.32. The Balaban J connectivity index is 1.97. The summed E-state index contributed by atoms with van der Waals surface area (Å²) in [4.78, 5) is 14.1. The van der Waals surface area contributed by atoms with Gasteiger partial charge in [-0.3, -0.25) is 4.79 Å². The van der Waals surface area contributed by atoms with Gasteiger partial charge in [-0.05, 0) is 24.5 Å². The first-order valence-electron chi connectivity index (χ1n) is 6.83. The Bertz CT molecular complexity index is 450. The van der Waals surface area contributed by atoms with Gasteiger partial charge < -0.3 is 10.2 Å². The molecule has 19 heavy (non-hydrogen) atoms. The Labute approximate surface area is 113 Å². The lowest BCUT2D eigenvalue weighted by Crippen LogP contribution is -2.51. The summed E-state index contributed by atoms with van der Waals surface area (Å²) in [5.74, 6) is -0.195. The quantitative estimate of drug-likeness (QED) is 0.907. The fraction of sp³-hybridized carbons (Fsp3) is 0.533. The van der Waals surface area contributed by atoms with Crippen molar-refractivity contribution in [1.82, 2.24) is 10.2 Å². The zero-order valence-electron chi connectivity index (χ0n) is 11.5. The Morgan fingerprint density at radius 2 is 2.26 bits per heavy atom. The van der Waals surface area contributed by atoms with Crippen LogP contribution in [0.4, 0.5) is 4.39 Å². The number of halogens is 1. The molecule has 0 saturated carbocycles. The normalized spacial score (nSPS) is 21.2. The van der Waals surface area contributed by atoms with E-state index in [1.165, 1.54) is 6.07 Å². The highest BCUT2D eigenvalue weighted by Gasteiger charge is 2.23. The molecule has 1 N–H and O–H groups in total. The zero-order valence-corrected chi connectivity index (χ0v) is 11.5. The topological polar surface area (TPSA) is 32.3 Å². The van der Waals surface area contributed by atoms with Crippen LogP contribution in [0.1, 0.15) is 31.7 Å². The highest BCUT2D eigenvalue weighted by atomic mass is 19.1. The Morgan fingerprint density at radius 3 is 2.95 bits per heavy atom. The first-order chi connectivity index (χ1) is 9.08. The predicted molar refractivity (Wildman–Crippen MR) is 73.5 cm³/mol. The molecule has 1 amide bonds. The molecule has 1 aromatic carbocycles. The second-order valence-electron chi connectivity index (χ2n) is 5.32. The second-order valence-corrected chi connectivity index (χ2v) is 5.32. The molecule has 1 aromatic rings. The van der Waals surface area contributed by atoms with Crippen molar-refractivity contribution in [2.24, 2.45) is 0 Å². The molecule has 0 unspecified atom stereocenters. The van der Waals surface area contributed by atoms with E-state index in [2.05, 4.69) is 12.2 Å². The Morgan fingerprint density at radius 1 is 1.53 bits per heavy atom. The van der Waals surface area contributed by atoms with Gasteiger partial charge >= 0.3 is 0 Å². The van der Waals surface area contributed by atoms with Gasteiger partial charge in [-0.25, -0.2) is 4.39 Å². The second kappa shape index (κ2) is 6.15. The predicted octanol–water partition coefficient (Wildman–Crippen LogP) is 2.14. The zero-order chi connectivity index (χ0) is 13.8. The minimum absolute atomic E-state index is 0.0844. The summed E-state index contributed by atoms with van der Waals surface area (Å²) >= 11 is 0. The largest absolute Gasteiger partial charge is 0.340 e. The minimum atomic E-state index is -0.225. The van der Waals surface area contributed by atoms with Crippen molar-refractivity contribution in [3.63, 3.8) is 0 Å². The van der Waals surface area contributed by atoms with Crippen LogP contribution in [0.25, 0.3) is 0 Å². The van der Waals surface area contributed by atoms with Crippen LogP contribution in [-0.4, -0.2) is 36.5 Å². The van der Waals surface area contributed by atoms with Gasteiger partial charge in [0.05, 0.1) is 0 Å². The number of rotatable bonds is 3. The molecule has 1 heterocycles. The van der Waals surface area contributed by atoms with E-state index in [1.807, 2.05) is 17.9 Å². The van der Waals surface area contributed by atoms with Crippen LogP contribution < -0.4 is 5.32 Å². The lowest BCUT2D eigenvalue weighted by molar-refractivity contribution is -0.132. The molecular formula is C15H21FN2O. The number of hydrogen-bond acceptors (Lipinski definition) is 2. The van der Waals surface area contributed by atoms with E-state index in [4.69, 9.17) is 0 Å². The Kier molecular flexibility index (Phi) is 4.53. The third kappa shape index (κ3) is 3.53. The molecule has 4 heteroatoms. The van der Waals surface area contributed by atoms with Gasteiger partial charge in [0.15, 0.2) is 0 Å². The fourth-order valence-electron chi connectivity index (χ4n) is 2.53. The molecule has 0 bridgehead atoms. The number of carbonyl (C=O) groups excluding carboxylic acids is 1. The molecular weight excluding hydrogens is 243 g/mol. The van der Waals surface area contributed by atoms with E-state index >= 15 is 0 Å². The summed E-state index contributed by atoms with van der Waals surface area (Å²) < 4.78 is 13.7. The van der Waals surface area contributed by atoms with E-state index < -0.39 is 0 Å². The molecule has 0 aromatic heterocycles. The lowest BCUT2D eigenvalue weighted by atomic mass is 9.96. The molecule has 2 atom stereocenters. The van der Waals surface area contributed by atoms with Crippen LogP contribution in [0.3, 0.4) is 0 Å². The number of benzene rings is 1. The molecule has 3 nitrogen and oxygen atoms in total. The monoisotopic (exact) mass is 264 g/mol. The maximum Gasteiger partial charge on any atom is 0.223 e. The van der Waals surface area contributed by atoms with E-state index in [0.717, 1.165) is 19.6 Å². The van der Waals surface area contributed by atoms with Crippen LogP contribution in [0, 0.1) is 5.82 Å². The number of nitrogens with zero attached hydrogens (tertiary/aromatic N) is 1. The van der Waals surface area contributed by atoms with Crippen molar-refractivity contribution >= 4 is 5.91 Å². The molecule has 104 valence electrons. The van der Waals surface area contributed by atoms with Crippen LogP contribution in [0.15, 0.2) is 24.3 Å². The average Bonchev–Trinajstić information content (AvgIpc) is 2.39. The van der Waals surface area contributed by atoms with Crippen molar-refractivity contribution in [3.8, 4) is 0 Å². The SMILES string of the molecule is C[C@@H]1CN(C(=O)C[C@@H](C)c2ccccc2F)CCN1. The molecule has 1 aliphatic rings. The number of carbonyl (C=O) groups is 1. The van der Waals surface area contributed by atoms with Gasteiger partial charge in [-0.15, -0.1) is 0 Å². The smallest absolute Gasteiger partial charge is 0.223 e. The Hall–Kier alpha value is -1.42. The maximum absolute atomic E-state index is 13.7. The number of amides is 1. The van der Waals surface area contributed by atoms with E-state index in [0.29, 0.717) is 18.0 Å². The van der Waals surface area contributed by atoms with Crippen LogP contribution in [0.5, 0.6) is 0 Å². The highest BCUT2D eigenvalue weighted by Crippen LogP contribution is 2.22. The molecule has 0 spiro atoms. The summed E-state index contributed by atoms with van der Waals surface area (Å²) in [6.07, 6.45) is 0.369. The van der Waals surface area contributed by atoms with Crippen LogP contribution in [-0.2, 0) is 4.79 Å². The summed E-state index contributed by atoms with van der Waals surface area (Å²) in [5, 5.41) is 3.31. The highest BCUT2D eigenvalue weighted by molar-refractivity contribution is 5.77. The van der Waals surface area contributed by atoms with Crippen molar-refractivity contribution in [1.29, 1.82) is 0 Å². The summed E-state index contributed by atoms with van der Waals surface area (Å²) in [6, 6.07) is 7.02. The number of nitrogens with one attached hydrogen (secondary N) is 1. The standard InChI is InChI=1S/C15H21FN2O/c1-11(13-5-3-4-6-14(13)16)9-15(19)18-8-7-17-12(2)10-18/h3-6,11-12,17H,7-10H2,1-2H3/t11-,12-/m1/s1. The first kappa shape index (κ1) is 14.0. The van der Waals surface area contributed by atoms with Crippen molar-refractivity contribution in [2.75, 3.05) is 19.6 Å². The van der Waals surface area contributed by atoms with Gasteiger partial charge in [0, 0.05) is 32.1 Å². The van der Waals surface area contributed by atoms with Crippen LogP contribution >= 0.6 is 0 Å². The molecule has 2 rings (SSSR count).